The monoisotopic (exact) mass is 1130 g/mol. The summed E-state index contributed by atoms with van der Waals surface area (Å²) in [6, 6.07) is 40.0. The van der Waals surface area contributed by atoms with Crippen molar-refractivity contribution in [2.45, 2.75) is 113 Å². The van der Waals surface area contributed by atoms with E-state index in [1.807, 2.05) is 6.92 Å². The number of Topliss-reactive ketones (excluding diaryl/α,β-unsaturated/α-hetero) is 3. The Balaban J connectivity index is 0.781. The van der Waals surface area contributed by atoms with Gasteiger partial charge in [-0.05, 0) is 118 Å². The number of carbonyl (C=O) groups is 3. The van der Waals surface area contributed by atoms with Crippen LogP contribution >= 0.6 is 0 Å². The van der Waals surface area contributed by atoms with Gasteiger partial charge in [-0.15, -0.1) is 0 Å². The Hall–Kier alpha value is -8.73. The molecule has 3 aromatic heterocycles. The normalized spacial score (nSPS) is 23.2. The van der Waals surface area contributed by atoms with Gasteiger partial charge in [-0.2, -0.15) is 0 Å². The number of allylic oxidation sites excluding steroid dienone is 11. The Morgan fingerprint density at radius 2 is 0.988 bits per heavy atom. The third-order valence-corrected chi connectivity index (χ3v) is 21.8. The number of nitrogens with zero attached hydrogens (tertiary/aromatic N) is 3. The van der Waals surface area contributed by atoms with Crippen molar-refractivity contribution in [2.24, 2.45) is 0 Å². The maximum atomic E-state index is 15.4. The van der Waals surface area contributed by atoms with E-state index in [4.69, 9.17) is 0 Å². The van der Waals surface area contributed by atoms with Gasteiger partial charge < -0.3 is 15.0 Å². The number of nitrogens with one attached hydrogen (secondary N) is 3. The van der Waals surface area contributed by atoms with E-state index in [2.05, 4.69) is 218 Å². The number of H-pyrrole nitrogens is 3. The molecule has 6 aliphatic heterocycles. The number of ketones is 3. The molecule has 3 N–H and O–H groups in total. The molecule has 0 radical (unpaired) electrons. The zero-order valence-electron chi connectivity index (χ0n) is 51.8. The van der Waals surface area contributed by atoms with Gasteiger partial charge in [-0.1, -0.05) is 97.9 Å². The standard InChI is InChI=1S/C77H72N6O3/c1-14-54-40(2)77-73(57-29-17-23-52-25-19-31-60(70(52)57)82(77,12)46(54)8)76-43(5)67(48(10)85)58(80-76)35-33-53-34-36-62-71(56-28-16-22-51-26-20-32-61(69(51)56)83(53,62)13)75-42(4)66(45(7)79-75)64(86)38-49-37-63-72(74-41(3)65(47(9)84)44(6)78-74)55-27-15-21-50-24-18-30-59(68(50)55)81(63,11)39-49/h15-32,34,36-37,39,71-73H,14,33,35,38H2,1-13H3/p+3. The van der Waals surface area contributed by atoms with Crippen LogP contribution in [0.5, 0.6) is 0 Å². The van der Waals surface area contributed by atoms with Crippen molar-refractivity contribution >= 4 is 66.7 Å². The summed E-state index contributed by atoms with van der Waals surface area (Å²) in [6.07, 6.45) is 11.8. The molecule has 6 aliphatic rings. The van der Waals surface area contributed by atoms with E-state index in [1.165, 1.54) is 100 Å². The number of aromatic nitrogens is 3. The molecule has 6 unspecified atom stereocenters. The van der Waals surface area contributed by atoms with E-state index in [1.54, 1.807) is 13.8 Å². The molecular formula is C77H75N6O3+3. The van der Waals surface area contributed by atoms with E-state index >= 15 is 4.79 Å². The predicted molar refractivity (Wildman–Crippen MR) is 352 cm³/mol. The smallest absolute Gasteiger partial charge is 0.169 e. The molecule has 9 aromatic rings. The summed E-state index contributed by atoms with van der Waals surface area (Å²) in [4.78, 5) is 54.2. The molecule has 0 spiro atoms. The average Bonchev–Trinajstić information content (AvgIpc) is 1.41. The fourth-order valence-corrected chi connectivity index (χ4v) is 18.0. The number of rotatable bonds is 12. The lowest BCUT2D eigenvalue weighted by Gasteiger charge is -2.42. The maximum absolute atomic E-state index is 15.4. The van der Waals surface area contributed by atoms with Crippen molar-refractivity contribution in [3.8, 4) is 0 Å². The first-order valence-electron chi connectivity index (χ1n) is 30.8. The molecule has 0 fully saturated rings. The molecule has 0 saturated carbocycles. The number of hydrogen-bond donors (Lipinski definition) is 3. The number of aryl methyl sites for hydroxylation is 3. The van der Waals surface area contributed by atoms with Crippen molar-refractivity contribution in [1.82, 2.24) is 28.4 Å². The third-order valence-electron chi connectivity index (χ3n) is 21.8. The number of quaternary nitrogens is 3. The lowest BCUT2D eigenvalue weighted by atomic mass is 9.80. The number of aromatic amines is 3. The van der Waals surface area contributed by atoms with Gasteiger partial charge in [0.2, 0.25) is 0 Å². The highest BCUT2D eigenvalue weighted by Crippen LogP contribution is 2.60. The van der Waals surface area contributed by atoms with Crippen molar-refractivity contribution in [1.29, 1.82) is 0 Å². The second kappa shape index (κ2) is 18.6. The van der Waals surface area contributed by atoms with E-state index in [-0.39, 0.29) is 41.5 Å². The van der Waals surface area contributed by atoms with Crippen LogP contribution in [0.2, 0.25) is 0 Å². The number of fused-ring (bicyclic) bond motifs is 6. The van der Waals surface area contributed by atoms with Gasteiger partial charge >= 0.3 is 0 Å². The van der Waals surface area contributed by atoms with E-state index in [0.29, 0.717) is 19.9 Å². The number of likely N-dealkylation sites (N-methyl/N-ethyl adjacent to an activating group) is 3. The summed E-state index contributed by atoms with van der Waals surface area (Å²) in [5.74, 6) is -0.180. The summed E-state index contributed by atoms with van der Waals surface area (Å²) in [5.41, 5.74) is 28.8. The van der Waals surface area contributed by atoms with Crippen LogP contribution in [0.3, 0.4) is 0 Å². The highest BCUT2D eigenvalue weighted by Gasteiger charge is 2.54. The fourth-order valence-electron chi connectivity index (χ4n) is 18.0. The highest BCUT2D eigenvalue weighted by molar-refractivity contribution is 6.06. The molecule has 9 heterocycles. The largest absolute Gasteiger partial charge is 0.361 e. The molecule has 0 aliphatic carbocycles. The third kappa shape index (κ3) is 6.96. The molecule has 86 heavy (non-hydrogen) atoms. The zero-order valence-corrected chi connectivity index (χ0v) is 51.8. The molecule has 6 atom stereocenters. The summed E-state index contributed by atoms with van der Waals surface area (Å²) in [6.45, 7) is 20.7. The van der Waals surface area contributed by atoms with Gasteiger partial charge in [0.05, 0.1) is 21.1 Å². The van der Waals surface area contributed by atoms with Crippen LogP contribution in [0.4, 0.5) is 17.1 Å². The molecule has 9 nitrogen and oxygen atoms in total. The maximum Gasteiger partial charge on any atom is 0.169 e. The lowest BCUT2D eigenvalue weighted by molar-refractivity contribution is 0.0988. The van der Waals surface area contributed by atoms with Crippen LogP contribution in [0.25, 0.3) is 32.3 Å². The number of hydrogen-bond acceptors (Lipinski definition) is 3. The summed E-state index contributed by atoms with van der Waals surface area (Å²) in [5, 5.41) is 7.35. The highest BCUT2D eigenvalue weighted by atomic mass is 16.1. The molecule has 15 rings (SSSR count). The first-order chi connectivity index (χ1) is 41.2. The Bertz CT molecular complexity index is 4830. The second-order valence-corrected chi connectivity index (χ2v) is 26.1. The van der Waals surface area contributed by atoms with Gasteiger partial charge in [0.1, 0.15) is 58.1 Å². The van der Waals surface area contributed by atoms with Crippen LogP contribution in [-0.4, -0.2) is 53.4 Å². The second-order valence-electron chi connectivity index (χ2n) is 26.1. The Morgan fingerprint density at radius 3 is 1.55 bits per heavy atom. The first kappa shape index (κ1) is 54.0. The van der Waals surface area contributed by atoms with Crippen LogP contribution in [0, 0.1) is 34.6 Å². The minimum atomic E-state index is -0.171. The van der Waals surface area contributed by atoms with Crippen molar-refractivity contribution in [2.75, 3.05) is 21.1 Å². The predicted octanol–water partition coefficient (Wildman–Crippen LogP) is 17.8. The first-order valence-corrected chi connectivity index (χ1v) is 30.8. The topological polar surface area (TPSA) is 98.6 Å². The molecule has 0 bridgehead atoms. The molecule has 0 saturated heterocycles. The van der Waals surface area contributed by atoms with Crippen LogP contribution in [0.15, 0.2) is 179 Å². The van der Waals surface area contributed by atoms with E-state index in [0.717, 1.165) is 91.7 Å². The molecule has 0 amide bonds. The average molecular weight is 1130 g/mol. The number of benzene rings is 6. The Kier molecular flexibility index (Phi) is 11.7. The van der Waals surface area contributed by atoms with Gasteiger partial charge in [0.25, 0.3) is 0 Å². The van der Waals surface area contributed by atoms with Crippen LogP contribution in [-0.2, 0) is 6.42 Å². The van der Waals surface area contributed by atoms with Gasteiger partial charge in [0.15, 0.2) is 28.7 Å². The Labute approximate surface area is 503 Å². The lowest BCUT2D eigenvalue weighted by Crippen LogP contribution is -2.45. The SMILES string of the molecule is CCC1=C(C)[N+]2(C)C(=C1C)C(c1[nH]c(CCC3=CC=C4C(c5[nH]c(C)c(C(=O)CC6=C[N+]7(C)C(=C6)C(c6[nH]c(C)c(C(C)=O)c6C)c6cccc8cccc7c68)c5C)c5cccc6cccc(c56)[N+]34C)c(C(C)=O)c1C)c1cccc3cccc2c13. The molecule has 9 heteroatoms. The van der Waals surface area contributed by atoms with Gasteiger partial charge in [-0.25, -0.2) is 13.4 Å². The van der Waals surface area contributed by atoms with Gasteiger partial charge in [-0.3, -0.25) is 14.4 Å². The van der Waals surface area contributed by atoms with Crippen molar-refractivity contribution < 1.29 is 14.4 Å². The Morgan fingerprint density at radius 1 is 0.512 bits per heavy atom. The minimum Gasteiger partial charge on any atom is -0.361 e. The fraction of sp³-hybridized carbons (Fsp3) is 0.260. The zero-order chi connectivity index (χ0) is 59.9. The van der Waals surface area contributed by atoms with E-state index in [9.17, 15) is 9.59 Å². The van der Waals surface area contributed by atoms with Crippen LogP contribution < -0.4 is 13.4 Å². The summed E-state index contributed by atoms with van der Waals surface area (Å²) >= 11 is 0. The molecular weight excluding hydrogens is 1060 g/mol. The quantitative estimate of drug-likeness (QED) is 0.0839. The molecule has 6 aromatic carbocycles. The molecule has 428 valence electrons. The minimum absolute atomic E-state index is 0.0536. The van der Waals surface area contributed by atoms with Crippen molar-refractivity contribution in [3.63, 3.8) is 0 Å². The van der Waals surface area contributed by atoms with Gasteiger partial charge in [0, 0.05) is 140 Å². The van der Waals surface area contributed by atoms with E-state index < -0.39 is 0 Å². The van der Waals surface area contributed by atoms with Crippen molar-refractivity contribution in [3.05, 3.63) is 263 Å². The summed E-state index contributed by atoms with van der Waals surface area (Å²) < 4.78 is 1.61. The van der Waals surface area contributed by atoms with Crippen LogP contribution in [0.1, 0.15) is 170 Å². The number of carbonyl (C=O) groups excluding carboxylic acids is 3. The summed E-state index contributed by atoms with van der Waals surface area (Å²) in [7, 11) is 6.98.